The molecule has 2 unspecified atom stereocenters. The molecular weight excluding hydrogens is 300 g/mol. The minimum atomic E-state index is -3.05. The molecular formula is C14H15F2NO5. The van der Waals surface area contributed by atoms with E-state index in [1.165, 1.54) is 30.0 Å². The number of carbonyl (C=O) groups excluding carboxylic acids is 1. The summed E-state index contributed by atoms with van der Waals surface area (Å²) in [7, 11) is 0. The highest BCUT2D eigenvalue weighted by Crippen LogP contribution is 2.36. The zero-order valence-electron chi connectivity index (χ0n) is 11.7. The third-order valence-electron chi connectivity index (χ3n) is 3.66. The summed E-state index contributed by atoms with van der Waals surface area (Å²) in [6.07, 6.45) is 0.198. The van der Waals surface area contributed by atoms with Crippen molar-refractivity contribution in [3.63, 3.8) is 0 Å². The van der Waals surface area contributed by atoms with E-state index in [0.29, 0.717) is 5.56 Å². The van der Waals surface area contributed by atoms with Crippen molar-refractivity contribution in [3.8, 4) is 11.5 Å². The summed E-state index contributed by atoms with van der Waals surface area (Å²) < 4.78 is 28.4. The molecule has 1 heterocycles. The van der Waals surface area contributed by atoms with Crippen molar-refractivity contribution < 1.29 is 33.3 Å². The first-order chi connectivity index (χ1) is 10.3. The van der Waals surface area contributed by atoms with Crippen LogP contribution in [0.2, 0.25) is 0 Å². The van der Waals surface area contributed by atoms with E-state index in [2.05, 4.69) is 4.74 Å². The zero-order valence-corrected chi connectivity index (χ0v) is 11.7. The lowest BCUT2D eigenvalue weighted by Gasteiger charge is -2.19. The number of phenols is 1. The Hall–Kier alpha value is -2.38. The highest BCUT2D eigenvalue weighted by atomic mass is 19.3. The normalized spacial score (nSPS) is 21.2. The van der Waals surface area contributed by atoms with Crippen LogP contribution < -0.4 is 4.74 Å². The van der Waals surface area contributed by atoms with E-state index in [1.54, 1.807) is 0 Å². The third-order valence-corrected chi connectivity index (χ3v) is 3.66. The van der Waals surface area contributed by atoms with Gasteiger partial charge in [-0.1, -0.05) is 6.07 Å². The summed E-state index contributed by atoms with van der Waals surface area (Å²) in [4.78, 5) is 23.9. The predicted octanol–water partition coefficient (Wildman–Crippen LogP) is 1.78. The molecule has 1 fully saturated rings. The van der Waals surface area contributed by atoms with Gasteiger partial charge in [0.25, 0.3) is 0 Å². The first kappa shape index (κ1) is 16.0. The van der Waals surface area contributed by atoms with Gasteiger partial charge in [0.1, 0.15) is 6.04 Å². The number of carbonyl (C=O) groups is 2. The van der Waals surface area contributed by atoms with Crippen LogP contribution in [0.4, 0.5) is 8.78 Å². The van der Waals surface area contributed by atoms with Crippen molar-refractivity contribution in [2.24, 2.45) is 0 Å². The van der Waals surface area contributed by atoms with Gasteiger partial charge in [0, 0.05) is 19.4 Å². The molecule has 0 bridgehead atoms. The van der Waals surface area contributed by atoms with Crippen molar-refractivity contribution in [1.82, 2.24) is 4.90 Å². The monoisotopic (exact) mass is 315 g/mol. The molecule has 0 spiro atoms. The summed E-state index contributed by atoms with van der Waals surface area (Å²) in [6.45, 7) is -1.57. The van der Waals surface area contributed by atoms with Gasteiger partial charge < -0.3 is 19.8 Å². The van der Waals surface area contributed by atoms with Crippen LogP contribution in [0.15, 0.2) is 18.2 Å². The van der Waals surface area contributed by atoms with E-state index < -0.39 is 24.4 Å². The Balaban J connectivity index is 2.20. The predicted molar refractivity (Wildman–Crippen MR) is 70.9 cm³/mol. The average molecular weight is 315 g/mol. The number of nitrogens with zero attached hydrogens (tertiary/aromatic N) is 1. The largest absolute Gasteiger partial charge is 0.504 e. The van der Waals surface area contributed by atoms with Gasteiger partial charge >= 0.3 is 12.6 Å². The highest BCUT2D eigenvalue weighted by molar-refractivity contribution is 5.83. The highest BCUT2D eigenvalue weighted by Gasteiger charge is 2.39. The van der Waals surface area contributed by atoms with Crippen molar-refractivity contribution >= 4 is 11.9 Å². The topological polar surface area (TPSA) is 87.1 Å². The molecule has 22 heavy (non-hydrogen) atoms. The SMILES string of the molecule is CC(=O)N1CC(c2ccc(OC(F)F)c(O)c2)CC1C(=O)O. The van der Waals surface area contributed by atoms with E-state index >= 15 is 0 Å². The van der Waals surface area contributed by atoms with E-state index in [4.69, 9.17) is 5.11 Å². The second-order valence-electron chi connectivity index (χ2n) is 5.06. The molecule has 6 nitrogen and oxygen atoms in total. The van der Waals surface area contributed by atoms with Crippen LogP contribution in [-0.4, -0.2) is 46.2 Å². The molecule has 0 saturated carbocycles. The molecule has 0 aliphatic carbocycles. The van der Waals surface area contributed by atoms with E-state index in [1.807, 2.05) is 0 Å². The lowest BCUT2D eigenvalue weighted by atomic mass is 9.96. The van der Waals surface area contributed by atoms with Gasteiger partial charge in [-0.3, -0.25) is 4.79 Å². The van der Waals surface area contributed by atoms with E-state index in [9.17, 15) is 23.5 Å². The van der Waals surface area contributed by atoms with Crippen LogP contribution in [0.1, 0.15) is 24.8 Å². The fourth-order valence-corrected chi connectivity index (χ4v) is 2.64. The Kier molecular flexibility index (Phi) is 4.48. The van der Waals surface area contributed by atoms with Gasteiger partial charge in [-0.05, 0) is 24.1 Å². The molecule has 1 aromatic rings. The molecule has 2 N–H and O–H groups in total. The number of likely N-dealkylation sites (tertiary alicyclic amines) is 1. The number of carboxylic acids is 1. The minimum Gasteiger partial charge on any atom is -0.504 e. The molecule has 1 saturated heterocycles. The quantitative estimate of drug-likeness (QED) is 0.884. The Morgan fingerprint density at radius 2 is 2.09 bits per heavy atom. The lowest BCUT2D eigenvalue weighted by molar-refractivity contribution is -0.147. The summed E-state index contributed by atoms with van der Waals surface area (Å²) in [5, 5.41) is 18.8. The molecule has 1 amide bonds. The molecule has 2 rings (SSSR count). The number of aliphatic carboxylic acids is 1. The number of phenolic OH excluding ortho intramolecular Hbond substituents is 1. The van der Waals surface area contributed by atoms with Crippen LogP contribution in [-0.2, 0) is 9.59 Å². The second-order valence-corrected chi connectivity index (χ2v) is 5.06. The summed E-state index contributed by atoms with van der Waals surface area (Å²) in [5.74, 6) is -2.55. The Labute approximate surface area is 124 Å². The summed E-state index contributed by atoms with van der Waals surface area (Å²) in [6, 6.07) is 3.00. The molecule has 2 atom stereocenters. The third kappa shape index (κ3) is 3.26. The van der Waals surface area contributed by atoms with Crippen molar-refractivity contribution in [2.45, 2.75) is 31.9 Å². The van der Waals surface area contributed by atoms with Crippen LogP contribution in [0.25, 0.3) is 0 Å². The van der Waals surface area contributed by atoms with Gasteiger partial charge in [-0.25, -0.2) is 4.79 Å². The van der Waals surface area contributed by atoms with Gasteiger partial charge in [-0.2, -0.15) is 8.78 Å². The molecule has 1 aliphatic rings. The smallest absolute Gasteiger partial charge is 0.387 e. The zero-order chi connectivity index (χ0) is 16.4. The fraction of sp³-hybridized carbons (Fsp3) is 0.429. The number of hydrogen-bond acceptors (Lipinski definition) is 4. The maximum absolute atomic E-state index is 12.1. The van der Waals surface area contributed by atoms with Crippen LogP contribution >= 0.6 is 0 Å². The Morgan fingerprint density at radius 1 is 1.41 bits per heavy atom. The lowest BCUT2D eigenvalue weighted by Crippen LogP contribution is -2.39. The number of benzene rings is 1. The fourth-order valence-electron chi connectivity index (χ4n) is 2.64. The molecule has 0 aromatic heterocycles. The number of amides is 1. The first-order valence-electron chi connectivity index (χ1n) is 6.57. The maximum atomic E-state index is 12.1. The van der Waals surface area contributed by atoms with Crippen molar-refractivity contribution in [1.29, 1.82) is 0 Å². The first-order valence-corrected chi connectivity index (χ1v) is 6.57. The standard InChI is InChI=1S/C14H15F2NO5/c1-7(18)17-6-9(4-10(17)13(20)21)8-2-3-12(11(19)5-8)22-14(15)16/h2-3,5,9-10,14,19H,4,6H2,1H3,(H,20,21). The molecule has 1 aromatic carbocycles. The van der Waals surface area contributed by atoms with E-state index in [0.717, 1.165) is 0 Å². The molecule has 120 valence electrons. The molecule has 1 aliphatic heterocycles. The number of rotatable bonds is 4. The molecule has 8 heteroatoms. The summed E-state index contributed by atoms with van der Waals surface area (Å²) in [5.41, 5.74) is 0.564. The van der Waals surface area contributed by atoms with Crippen molar-refractivity contribution in [2.75, 3.05) is 6.54 Å². The average Bonchev–Trinajstić information content (AvgIpc) is 2.86. The van der Waals surface area contributed by atoms with Gasteiger partial charge in [0.05, 0.1) is 0 Å². The maximum Gasteiger partial charge on any atom is 0.387 e. The van der Waals surface area contributed by atoms with Crippen LogP contribution in [0, 0.1) is 0 Å². The van der Waals surface area contributed by atoms with E-state index in [-0.39, 0.29) is 30.5 Å². The van der Waals surface area contributed by atoms with Gasteiger partial charge in [0.2, 0.25) is 5.91 Å². The van der Waals surface area contributed by atoms with Crippen LogP contribution in [0.5, 0.6) is 11.5 Å². The Bertz CT molecular complexity index is 571. The van der Waals surface area contributed by atoms with Crippen molar-refractivity contribution in [3.05, 3.63) is 23.8 Å². The number of halogens is 2. The summed E-state index contributed by atoms with van der Waals surface area (Å²) >= 11 is 0. The number of aromatic hydroxyl groups is 1. The number of hydrogen-bond donors (Lipinski definition) is 2. The van der Waals surface area contributed by atoms with Crippen LogP contribution in [0.3, 0.4) is 0 Å². The minimum absolute atomic E-state index is 0.195. The van der Waals surface area contributed by atoms with Gasteiger partial charge in [-0.15, -0.1) is 0 Å². The second kappa shape index (κ2) is 6.17. The van der Waals surface area contributed by atoms with Gasteiger partial charge in [0.15, 0.2) is 11.5 Å². The number of carboxylic acid groups (broad SMARTS) is 1. The number of alkyl halides is 2. The Morgan fingerprint density at radius 3 is 2.55 bits per heavy atom. The molecule has 0 radical (unpaired) electrons. The number of ether oxygens (including phenoxy) is 1.